The third kappa shape index (κ3) is 1.23. The van der Waals surface area contributed by atoms with E-state index in [0.29, 0.717) is 6.61 Å². The van der Waals surface area contributed by atoms with E-state index in [2.05, 4.69) is 4.90 Å². The molecule has 78 valence electrons. The molecule has 0 aliphatic carbocycles. The maximum atomic E-state index is 5.89. The van der Waals surface area contributed by atoms with Crippen LogP contribution in [0.2, 0.25) is 0 Å². The Morgan fingerprint density at radius 3 is 2.79 bits per heavy atom. The van der Waals surface area contributed by atoms with E-state index in [-0.39, 0.29) is 23.8 Å². The monoisotopic (exact) mass is 197 g/mol. The molecule has 0 saturated carbocycles. The molecule has 0 aromatic heterocycles. The Morgan fingerprint density at radius 2 is 2.29 bits per heavy atom. The van der Waals surface area contributed by atoms with E-state index in [1.807, 2.05) is 7.05 Å². The van der Waals surface area contributed by atoms with Crippen molar-refractivity contribution < 1.29 is 14.2 Å². The molecule has 2 bridgehead atoms. The lowest BCUT2D eigenvalue weighted by molar-refractivity contribution is -0.118. The van der Waals surface area contributed by atoms with Gasteiger partial charge in [0.15, 0.2) is 0 Å². The highest BCUT2D eigenvalue weighted by molar-refractivity contribution is 6.12. The normalized spacial score (nSPS) is 47.5. The SMILES string of the molecule is [B][C@@H]1O[C@]2(COC)CN(C)[C@H]1C2OC. The van der Waals surface area contributed by atoms with Gasteiger partial charge in [0, 0.05) is 26.8 Å². The van der Waals surface area contributed by atoms with E-state index in [1.165, 1.54) is 0 Å². The maximum absolute atomic E-state index is 5.89. The van der Waals surface area contributed by atoms with E-state index in [9.17, 15) is 0 Å². The van der Waals surface area contributed by atoms with Crippen molar-refractivity contribution in [3.63, 3.8) is 0 Å². The molecule has 2 fully saturated rings. The summed E-state index contributed by atoms with van der Waals surface area (Å²) < 4.78 is 16.4. The minimum absolute atomic E-state index is 0.0162. The van der Waals surface area contributed by atoms with Crippen molar-refractivity contribution in [1.29, 1.82) is 0 Å². The van der Waals surface area contributed by atoms with Crippen LogP contribution in [0.4, 0.5) is 0 Å². The van der Waals surface area contributed by atoms with Crippen LogP contribution in [-0.2, 0) is 14.2 Å². The van der Waals surface area contributed by atoms with Gasteiger partial charge in [-0.1, -0.05) is 0 Å². The van der Waals surface area contributed by atoms with E-state index in [0.717, 1.165) is 6.54 Å². The van der Waals surface area contributed by atoms with Crippen LogP contribution in [0.3, 0.4) is 0 Å². The maximum Gasteiger partial charge on any atom is 0.131 e. The van der Waals surface area contributed by atoms with E-state index >= 15 is 0 Å². The number of rotatable bonds is 3. The average molecular weight is 197 g/mol. The van der Waals surface area contributed by atoms with Gasteiger partial charge in [-0.05, 0) is 7.05 Å². The highest BCUT2D eigenvalue weighted by Gasteiger charge is 2.61. The molecule has 0 aromatic rings. The smallest absolute Gasteiger partial charge is 0.131 e. The fourth-order valence-electron chi connectivity index (χ4n) is 2.79. The Morgan fingerprint density at radius 1 is 1.57 bits per heavy atom. The summed E-state index contributed by atoms with van der Waals surface area (Å²) in [6.45, 7) is 1.34. The number of morpholine rings is 1. The molecule has 2 aliphatic heterocycles. The van der Waals surface area contributed by atoms with Crippen LogP contribution < -0.4 is 0 Å². The number of ether oxygens (including phenoxy) is 3. The number of fused-ring (bicyclic) bond motifs is 2. The molecular formula is C9H16BNO3. The first-order valence-electron chi connectivity index (χ1n) is 4.80. The summed E-state index contributed by atoms with van der Waals surface area (Å²) in [5, 5.41) is 0. The lowest BCUT2D eigenvalue weighted by atomic mass is 9.90. The quantitative estimate of drug-likeness (QED) is 0.555. The van der Waals surface area contributed by atoms with Gasteiger partial charge in [-0.2, -0.15) is 0 Å². The number of likely N-dealkylation sites (tertiary alicyclic amines) is 1. The van der Waals surface area contributed by atoms with Gasteiger partial charge < -0.3 is 14.2 Å². The van der Waals surface area contributed by atoms with E-state index in [1.54, 1.807) is 14.2 Å². The topological polar surface area (TPSA) is 30.9 Å². The molecule has 0 N–H and O–H groups in total. The Labute approximate surface area is 85.9 Å². The predicted octanol–water partition coefficient (Wildman–Crippen LogP) is -0.775. The number of methoxy groups -OCH3 is 2. The van der Waals surface area contributed by atoms with Crippen LogP contribution in [0.15, 0.2) is 0 Å². The molecule has 0 aromatic carbocycles. The predicted molar refractivity (Wildman–Crippen MR) is 52.4 cm³/mol. The van der Waals surface area contributed by atoms with Gasteiger partial charge in [-0.15, -0.1) is 0 Å². The van der Waals surface area contributed by atoms with Gasteiger partial charge in [0.1, 0.15) is 19.6 Å². The van der Waals surface area contributed by atoms with Crippen molar-refractivity contribution >= 4 is 7.85 Å². The lowest BCUT2D eigenvalue weighted by Gasteiger charge is -2.33. The van der Waals surface area contributed by atoms with Crippen LogP contribution in [0.1, 0.15) is 0 Å². The zero-order valence-electron chi connectivity index (χ0n) is 8.90. The zero-order chi connectivity index (χ0) is 10.3. The second-order valence-electron chi connectivity index (χ2n) is 4.14. The Bertz CT molecular complexity index is 214. The molecule has 0 spiro atoms. The largest absolute Gasteiger partial charge is 0.382 e. The second-order valence-corrected chi connectivity index (χ2v) is 4.14. The number of hydrogen-bond acceptors (Lipinski definition) is 4. The van der Waals surface area contributed by atoms with Crippen molar-refractivity contribution in [2.75, 3.05) is 34.4 Å². The minimum atomic E-state index is -0.373. The molecule has 4 atom stereocenters. The Hall–Kier alpha value is -0.0951. The van der Waals surface area contributed by atoms with Gasteiger partial charge in [0.05, 0.1) is 12.6 Å². The molecule has 0 amide bonds. The molecule has 2 heterocycles. The minimum Gasteiger partial charge on any atom is -0.382 e. The summed E-state index contributed by atoms with van der Waals surface area (Å²) in [7, 11) is 11.3. The molecule has 2 saturated heterocycles. The van der Waals surface area contributed by atoms with E-state index < -0.39 is 0 Å². The summed E-state index contributed by atoms with van der Waals surface area (Å²) in [5.74, 6) is 0. The van der Waals surface area contributed by atoms with Crippen LogP contribution in [-0.4, -0.2) is 70.9 Å². The average Bonchev–Trinajstić information content (AvgIpc) is 2.51. The molecule has 4 nitrogen and oxygen atoms in total. The second kappa shape index (κ2) is 3.49. The fourth-order valence-corrected chi connectivity index (χ4v) is 2.79. The van der Waals surface area contributed by atoms with Crippen molar-refractivity contribution in [1.82, 2.24) is 4.90 Å². The Balaban J connectivity index is 2.23. The van der Waals surface area contributed by atoms with Crippen molar-refractivity contribution in [3.05, 3.63) is 0 Å². The van der Waals surface area contributed by atoms with E-state index in [4.69, 9.17) is 22.1 Å². The van der Waals surface area contributed by atoms with Gasteiger partial charge in [-0.25, -0.2) is 0 Å². The standard InChI is InChI=1S/C9H16BNO3/c1-11-4-9(5-12-2)7(13-3)6(11)8(10)14-9/h6-8H,4-5H2,1-3H3/t6-,7?,8+,9-/m0/s1. The third-order valence-electron chi connectivity index (χ3n) is 3.20. The van der Waals surface area contributed by atoms with Crippen molar-refractivity contribution in [2.24, 2.45) is 0 Å². The molecule has 1 unspecified atom stereocenters. The summed E-state index contributed by atoms with van der Waals surface area (Å²) in [4.78, 5) is 2.18. The summed E-state index contributed by atoms with van der Waals surface area (Å²) in [5.41, 5.74) is -0.373. The number of hydrogen-bond donors (Lipinski definition) is 0. The molecule has 2 radical (unpaired) electrons. The van der Waals surface area contributed by atoms with Crippen LogP contribution in [0, 0.1) is 0 Å². The third-order valence-corrected chi connectivity index (χ3v) is 3.20. The summed E-state index contributed by atoms with van der Waals surface area (Å²) in [6, 6.07) is -0.121. The van der Waals surface area contributed by atoms with Gasteiger partial charge >= 0.3 is 0 Å². The highest BCUT2D eigenvalue weighted by Crippen LogP contribution is 2.41. The van der Waals surface area contributed by atoms with Crippen molar-refractivity contribution in [3.8, 4) is 0 Å². The zero-order valence-corrected chi connectivity index (χ0v) is 8.90. The molecule has 5 heteroatoms. The van der Waals surface area contributed by atoms with Gasteiger partial charge in [0.2, 0.25) is 0 Å². The number of likely N-dealkylation sites (N-methyl/N-ethyl adjacent to an activating group) is 1. The number of nitrogens with zero attached hydrogens (tertiary/aromatic N) is 1. The highest BCUT2D eigenvalue weighted by atomic mass is 16.6. The Kier molecular flexibility index (Phi) is 2.60. The first-order chi connectivity index (χ1) is 6.64. The first kappa shape index (κ1) is 10.4. The van der Waals surface area contributed by atoms with Crippen molar-refractivity contribution in [2.45, 2.75) is 23.8 Å². The first-order valence-corrected chi connectivity index (χ1v) is 4.80. The lowest BCUT2D eigenvalue weighted by Crippen LogP contribution is -2.48. The summed E-state index contributed by atoms with van der Waals surface area (Å²) in [6.07, 6.45) is 0.0162. The molecular weight excluding hydrogens is 181 g/mol. The molecule has 2 aliphatic rings. The molecule has 14 heavy (non-hydrogen) atoms. The fraction of sp³-hybridized carbons (Fsp3) is 1.00. The summed E-state index contributed by atoms with van der Waals surface area (Å²) >= 11 is 0. The van der Waals surface area contributed by atoms with Crippen LogP contribution >= 0.6 is 0 Å². The van der Waals surface area contributed by atoms with Gasteiger partial charge in [-0.3, -0.25) is 4.90 Å². The van der Waals surface area contributed by atoms with Gasteiger partial charge in [0.25, 0.3) is 0 Å². The van der Waals surface area contributed by atoms with Crippen LogP contribution in [0.5, 0.6) is 0 Å². The van der Waals surface area contributed by atoms with Crippen LogP contribution in [0.25, 0.3) is 0 Å². The molecule has 2 rings (SSSR count).